The summed E-state index contributed by atoms with van der Waals surface area (Å²) in [4.78, 5) is 12.2. The number of nitrogens with two attached hydrogens (primary N) is 1. The van der Waals surface area contributed by atoms with Crippen LogP contribution < -0.4 is 11.1 Å². The van der Waals surface area contributed by atoms with Gasteiger partial charge in [-0.15, -0.1) is 0 Å². The van der Waals surface area contributed by atoms with Crippen molar-refractivity contribution in [3.05, 3.63) is 0 Å². The van der Waals surface area contributed by atoms with E-state index in [0.717, 1.165) is 32.2 Å². The van der Waals surface area contributed by atoms with Crippen molar-refractivity contribution in [1.82, 2.24) is 5.32 Å². The lowest BCUT2D eigenvalue weighted by Crippen LogP contribution is -2.53. The van der Waals surface area contributed by atoms with E-state index in [-0.39, 0.29) is 17.4 Å². The van der Waals surface area contributed by atoms with Crippen molar-refractivity contribution < 1.29 is 4.79 Å². The predicted octanol–water partition coefficient (Wildman–Crippen LogP) is 2.20. The van der Waals surface area contributed by atoms with Crippen molar-refractivity contribution >= 4 is 5.91 Å². The third kappa shape index (κ3) is 2.82. The highest BCUT2D eigenvalue weighted by molar-refractivity contribution is 5.80. The molecule has 0 spiro atoms. The predicted molar refractivity (Wildman–Crippen MR) is 69.5 cm³/mol. The lowest BCUT2D eigenvalue weighted by molar-refractivity contribution is -0.128. The molecule has 2 saturated carbocycles. The number of rotatable bonds is 4. The van der Waals surface area contributed by atoms with Crippen LogP contribution in [0.2, 0.25) is 0 Å². The van der Waals surface area contributed by atoms with E-state index in [9.17, 15) is 4.79 Å². The smallest absolute Gasteiger partial charge is 0.224 e. The molecule has 3 N–H and O–H groups in total. The Morgan fingerprint density at radius 1 is 1.35 bits per heavy atom. The summed E-state index contributed by atoms with van der Waals surface area (Å²) in [6, 6.07) is 0. The third-order valence-corrected chi connectivity index (χ3v) is 4.92. The van der Waals surface area contributed by atoms with Gasteiger partial charge >= 0.3 is 0 Å². The van der Waals surface area contributed by atoms with E-state index >= 15 is 0 Å². The first kappa shape index (κ1) is 12.9. The third-order valence-electron chi connectivity index (χ3n) is 4.92. The van der Waals surface area contributed by atoms with E-state index < -0.39 is 0 Å². The SMILES string of the molecule is CCC1(CNC(=O)C2CCCCC2(C)N)CC1. The lowest BCUT2D eigenvalue weighted by atomic mass is 9.74. The van der Waals surface area contributed by atoms with Crippen LogP contribution in [0.1, 0.15) is 58.8 Å². The molecule has 0 aromatic heterocycles. The monoisotopic (exact) mass is 238 g/mol. The first-order chi connectivity index (χ1) is 7.99. The molecule has 2 aliphatic rings. The van der Waals surface area contributed by atoms with Gasteiger partial charge in [-0.2, -0.15) is 0 Å². The molecule has 3 nitrogen and oxygen atoms in total. The molecule has 0 aromatic carbocycles. The van der Waals surface area contributed by atoms with Gasteiger partial charge in [0.2, 0.25) is 5.91 Å². The Labute approximate surface area is 105 Å². The zero-order valence-electron chi connectivity index (χ0n) is 11.2. The number of hydrogen-bond donors (Lipinski definition) is 2. The number of hydrogen-bond acceptors (Lipinski definition) is 2. The topological polar surface area (TPSA) is 55.1 Å². The summed E-state index contributed by atoms with van der Waals surface area (Å²) in [5.74, 6) is 0.207. The summed E-state index contributed by atoms with van der Waals surface area (Å²) in [6.07, 6.45) is 7.96. The molecular formula is C14H26N2O. The normalized spacial score (nSPS) is 35.4. The van der Waals surface area contributed by atoms with Crippen molar-refractivity contribution in [3.63, 3.8) is 0 Å². The van der Waals surface area contributed by atoms with Crippen LogP contribution in [-0.2, 0) is 4.79 Å². The Morgan fingerprint density at radius 2 is 2.06 bits per heavy atom. The van der Waals surface area contributed by atoms with Crippen molar-refractivity contribution in [1.29, 1.82) is 0 Å². The molecule has 0 radical (unpaired) electrons. The average Bonchev–Trinajstić information content (AvgIpc) is 3.06. The van der Waals surface area contributed by atoms with E-state index in [2.05, 4.69) is 12.2 Å². The van der Waals surface area contributed by atoms with Gasteiger partial charge in [0, 0.05) is 12.1 Å². The molecule has 0 aromatic rings. The number of carbonyl (C=O) groups is 1. The van der Waals surface area contributed by atoms with Gasteiger partial charge in [0.05, 0.1) is 5.92 Å². The van der Waals surface area contributed by atoms with Gasteiger partial charge in [0.25, 0.3) is 0 Å². The summed E-state index contributed by atoms with van der Waals surface area (Å²) in [6.45, 7) is 5.10. The molecule has 2 fully saturated rings. The summed E-state index contributed by atoms with van der Waals surface area (Å²) in [5.41, 5.74) is 6.38. The Kier molecular flexibility index (Phi) is 3.48. The van der Waals surface area contributed by atoms with Gasteiger partial charge < -0.3 is 11.1 Å². The molecule has 1 amide bonds. The maximum Gasteiger partial charge on any atom is 0.224 e. The Hall–Kier alpha value is -0.570. The average molecular weight is 238 g/mol. The number of nitrogens with one attached hydrogen (secondary N) is 1. The van der Waals surface area contributed by atoms with Crippen LogP contribution in [0.25, 0.3) is 0 Å². The maximum absolute atomic E-state index is 12.2. The fraction of sp³-hybridized carbons (Fsp3) is 0.929. The summed E-state index contributed by atoms with van der Waals surface area (Å²) < 4.78 is 0. The molecule has 2 atom stereocenters. The zero-order chi connectivity index (χ0) is 12.5. The lowest BCUT2D eigenvalue weighted by Gasteiger charge is -2.37. The van der Waals surface area contributed by atoms with Crippen LogP contribution in [0.15, 0.2) is 0 Å². The zero-order valence-corrected chi connectivity index (χ0v) is 11.2. The highest BCUT2D eigenvalue weighted by Gasteiger charge is 2.42. The number of carbonyl (C=O) groups excluding carboxylic acids is 1. The van der Waals surface area contributed by atoms with Crippen molar-refractivity contribution in [2.45, 2.75) is 64.3 Å². The van der Waals surface area contributed by atoms with Crippen LogP contribution in [0.5, 0.6) is 0 Å². The van der Waals surface area contributed by atoms with E-state index in [1.54, 1.807) is 0 Å². The molecule has 17 heavy (non-hydrogen) atoms. The molecule has 3 heteroatoms. The van der Waals surface area contributed by atoms with E-state index in [0.29, 0.717) is 5.41 Å². The Balaban J connectivity index is 1.86. The minimum Gasteiger partial charge on any atom is -0.355 e. The molecule has 0 heterocycles. The first-order valence-corrected chi connectivity index (χ1v) is 7.06. The minimum absolute atomic E-state index is 0.0175. The molecule has 0 aliphatic heterocycles. The highest BCUT2D eigenvalue weighted by Crippen LogP contribution is 2.48. The standard InChI is InChI=1S/C14H26N2O/c1-3-14(8-9-14)10-16-12(17)11-6-4-5-7-13(11,2)15/h11H,3-10,15H2,1-2H3,(H,16,17). The maximum atomic E-state index is 12.2. The van der Waals surface area contributed by atoms with E-state index in [1.165, 1.54) is 19.3 Å². The van der Waals surface area contributed by atoms with Crippen LogP contribution >= 0.6 is 0 Å². The van der Waals surface area contributed by atoms with E-state index in [4.69, 9.17) is 5.73 Å². The van der Waals surface area contributed by atoms with Crippen LogP contribution in [-0.4, -0.2) is 18.0 Å². The second-order valence-electron chi connectivity index (χ2n) is 6.38. The minimum atomic E-state index is -0.300. The number of amides is 1. The van der Waals surface area contributed by atoms with Crippen LogP contribution in [0, 0.1) is 11.3 Å². The molecule has 98 valence electrons. The molecule has 0 saturated heterocycles. The second-order valence-corrected chi connectivity index (χ2v) is 6.38. The first-order valence-electron chi connectivity index (χ1n) is 7.06. The van der Waals surface area contributed by atoms with Crippen molar-refractivity contribution in [2.75, 3.05) is 6.54 Å². The Morgan fingerprint density at radius 3 is 2.59 bits per heavy atom. The summed E-state index contributed by atoms with van der Waals surface area (Å²) in [5, 5.41) is 3.14. The van der Waals surface area contributed by atoms with Crippen LogP contribution in [0.3, 0.4) is 0 Å². The van der Waals surface area contributed by atoms with Crippen molar-refractivity contribution in [3.8, 4) is 0 Å². The molecule has 2 rings (SSSR count). The van der Waals surface area contributed by atoms with Gasteiger partial charge in [-0.1, -0.05) is 19.8 Å². The largest absolute Gasteiger partial charge is 0.355 e. The van der Waals surface area contributed by atoms with Gasteiger partial charge in [0.1, 0.15) is 0 Å². The van der Waals surface area contributed by atoms with Crippen molar-refractivity contribution in [2.24, 2.45) is 17.1 Å². The van der Waals surface area contributed by atoms with Gasteiger partial charge in [0.15, 0.2) is 0 Å². The fourth-order valence-electron chi connectivity index (χ4n) is 3.02. The van der Waals surface area contributed by atoms with Crippen LogP contribution in [0.4, 0.5) is 0 Å². The Bertz CT molecular complexity index is 295. The quantitative estimate of drug-likeness (QED) is 0.789. The van der Waals surface area contributed by atoms with Gasteiger partial charge in [-0.25, -0.2) is 0 Å². The second kappa shape index (κ2) is 4.60. The molecular weight excluding hydrogens is 212 g/mol. The highest BCUT2D eigenvalue weighted by atomic mass is 16.1. The fourth-order valence-corrected chi connectivity index (χ4v) is 3.02. The summed E-state index contributed by atoms with van der Waals surface area (Å²) in [7, 11) is 0. The van der Waals surface area contributed by atoms with Gasteiger partial charge in [-0.3, -0.25) is 4.79 Å². The summed E-state index contributed by atoms with van der Waals surface area (Å²) >= 11 is 0. The molecule has 2 aliphatic carbocycles. The van der Waals surface area contributed by atoms with Gasteiger partial charge in [-0.05, 0) is 44.4 Å². The van der Waals surface area contributed by atoms with E-state index in [1.807, 2.05) is 6.92 Å². The molecule has 2 unspecified atom stereocenters. The molecule has 0 bridgehead atoms.